The molecule has 18 heavy (non-hydrogen) atoms. The van der Waals surface area contributed by atoms with Gasteiger partial charge in [0, 0.05) is 10.5 Å². The molecule has 0 saturated carbocycles. The number of aromatic nitrogens is 1. The third-order valence-corrected chi connectivity index (χ3v) is 4.63. The van der Waals surface area contributed by atoms with Gasteiger partial charge in [0.05, 0.1) is 10.2 Å². The fraction of sp³-hybridized carbons (Fsp3) is 0.500. The molecule has 0 aliphatic rings. The predicted octanol–water partition coefficient (Wildman–Crippen LogP) is 5.30. The lowest BCUT2D eigenvalue weighted by atomic mass is 10.0. The largest absolute Gasteiger partial charge is 0.359 e. The summed E-state index contributed by atoms with van der Waals surface area (Å²) in [5.74, 6) is 0.760. The van der Waals surface area contributed by atoms with E-state index in [0.717, 1.165) is 21.0 Å². The smallest absolute Gasteiger partial charge is 0.183 e. The lowest BCUT2D eigenvalue weighted by Gasteiger charge is -2.16. The molecule has 0 aliphatic heterocycles. The van der Waals surface area contributed by atoms with Crippen LogP contribution >= 0.6 is 27.3 Å². The highest BCUT2D eigenvalue weighted by Gasteiger charge is 2.10. The van der Waals surface area contributed by atoms with Gasteiger partial charge in [-0.15, -0.1) is 0 Å². The fourth-order valence-corrected chi connectivity index (χ4v) is 3.31. The second kappa shape index (κ2) is 6.02. The third kappa shape index (κ3) is 3.45. The van der Waals surface area contributed by atoms with E-state index in [1.54, 1.807) is 11.3 Å². The van der Waals surface area contributed by atoms with Gasteiger partial charge in [0.25, 0.3) is 0 Å². The molecule has 0 aliphatic carbocycles. The Morgan fingerprint density at radius 3 is 2.89 bits per heavy atom. The van der Waals surface area contributed by atoms with Gasteiger partial charge >= 0.3 is 0 Å². The molecule has 1 heterocycles. The number of hydrogen-bond acceptors (Lipinski definition) is 3. The van der Waals surface area contributed by atoms with E-state index in [1.807, 2.05) is 0 Å². The summed E-state index contributed by atoms with van der Waals surface area (Å²) < 4.78 is 2.32. The van der Waals surface area contributed by atoms with Crippen molar-refractivity contribution < 1.29 is 0 Å². The minimum atomic E-state index is 0.476. The quantitative estimate of drug-likeness (QED) is 0.806. The molecule has 4 heteroatoms. The van der Waals surface area contributed by atoms with Gasteiger partial charge in [0.2, 0.25) is 0 Å². The molecule has 0 spiro atoms. The van der Waals surface area contributed by atoms with E-state index in [9.17, 15) is 0 Å². The molecule has 0 radical (unpaired) electrons. The van der Waals surface area contributed by atoms with E-state index in [1.165, 1.54) is 17.5 Å². The third-order valence-electron chi connectivity index (χ3n) is 3.17. The van der Waals surface area contributed by atoms with Crippen molar-refractivity contribution >= 4 is 42.6 Å². The Balaban J connectivity index is 2.07. The summed E-state index contributed by atoms with van der Waals surface area (Å²) in [7, 11) is 0. The SMILES string of the molecule is CCC(C)CC(C)Nc1nc2cc(Br)ccc2s1. The van der Waals surface area contributed by atoms with Gasteiger partial charge in [-0.2, -0.15) is 0 Å². The number of anilines is 1. The van der Waals surface area contributed by atoms with Gasteiger partial charge < -0.3 is 5.32 Å². The Bertz CT molecular complexity index is 523. The molecule has 2 rings (SSSR count). The highest BCUT2D eigenvalue weighted by molar-refractivity contribution is 9.10. The zero-order chi connectivity index (χ0) is 13.1. The number of rotatable bonds is 5. The van der Waals surface area contributed by atoms with Crippen LogP contribution in [0.15, 0.2) is 22.7 Å². The number of fused-ring (bicyclic) bond motifs is 1. The van der Waals surface area contributed by atoms with Crippen LogP contribution in [0.5, 0.6) is 0 Å². The molecule has 2 atom stereocenters. The number of thiazole rings is 1. The molecule has 2 nitrogen and oxygen atoms in total. The summed E-state index contributed by atoms with van der Waals surface area (Å²) in [5.41, 5.74) is 1.06. The van der Waals surface area contributed by atoms with Crippen molar-refractivity contribution in [3.8, 4) is 0 Å². The summed E-state index contributed by atoms with van der Waals surface area (Å²) in [6, 6.07) is 6.72. The van der Waals surface area contributed by atoms with Crippen LogP contribution in [0.3, 0.4) is 0 Å². The maximum atomic E-state index is 4.62. The van der Waals surface area contributed by atoms with Crippen molar-refractivity contribution in [2.75, 3.05) is 5.32 Å². The van der Waals surface area contributed by atoms with Gasteiger partial charge in [-0.3, -0.25) is 0 Å². The minimum absolute atomic E-state index is 0.476. The van der Waals surface area contributed by atoms with Crippen molar-refractivity contribution in [2.45, 2.75) is 39.7 Å². The Kier molecular flexibility index (Phi) is 4.62. The topological polar surface area (TPSA) is 24.9 Å². The first-order valence-corrected chi connectivity index (χ1v) is 8.02. The van der Waals surface area contributed by atoms with Crippen LogP contribution in [0, 0.1) is 5.92 Å². The first-order chi connectivity index (χ1) is 8.58. The van der Waals surface area contributed by atoms with Crippen LogP contribution in [-0.2, 0) is 0 Å². The van der Waals surface area contributed by atoms with Crippen LogP contribution in [0.4, 0.5) is 5.13 Å². The van der Waals surface area contributed by atoms with E-state index in [4.69, 9.17) is 0 Å². The lowest BCUT2D eigenvalue weighted by molar-refractivity contribution is 0.484. The normalized spacial score (nSPS) is 14.7. The zero-order valence-electron chi connectivity index (χ0n) is 11.0. The van der Waals surface area contributed by atoms with E-state index < -0.39 is 0 Å². The summed E-state index contributed by atoms with van der Waals surface area (Å²) in [6.07, 6.45) is 2.43. The average molecular weight is 327 g/mol. The van der Waals surface area contributed by atoms with E-state index in [0.29, 0.717) is 6.04 Å². The second-order valence-corrected chi connectivity index (χ2v) is 6.87. The Morgan fingerprint density at radius 2 is 2.17 bits per heavy atom. The molecule has 1 N–H and O–H groups in total. The summed E-state index contributed by atoms with van der Waals surface area (Å²) in [5, 5.41) is 4.53. The first kappa shape index (κ1) is 13.8. The molecular formula is C14H19BrN2S. The van der Waals surface area contributed by atoms with E-state index in [2.05, 4.69) is 65.2 Å². The van der Waals surface area contributed by atoms with Crippen LogP contribution in [0.2, 0.25) is 0 Å². The molecule has 0 saturated heterocycles. The number of hydrogen-bond donors (Lipinski definition) is 1. The Labute approximate surface area is 121 Å². The van der Waals surface area contributed by atoms with E-state index in [-0.39, 0.29) is 0 Å². The van der Waals surface area contributed by atoms with Crippen LogP contribution in [0.1, 0.15) is 33.6 Å². The molecule has 0 amide bonds. The second-order valence-electron chi connectivity index (χ2n) is 4.93. The van der Waals surface area contributed by atoms with E-state index >= 15 is 0 Å². The predicted molar refractivity (Wildman–Crippen MR) is 84.5 cm³/mol. The van der Waals surface area contributed by atoms with Crippen molar-refractivity contribution in [1.82, 2.24) is 4.98 Å². The number of nitrogens with zero attached hydrogens (tertiary/aromatic N) is 1. The maximum absolute atomic E-state index is 4.62. The van der Waals surface area contributed by atoms with Crippen molar-refractivity contribution in [2.24, 2.45) is 5.92 Å². The molecular weight excluding hydrogens is 308 g/mol. The average Bonchev–Trinajstić information content (AvgIpc) is 2.69. The number of nitrogens with one attached hydrogen (secondary N) is 1. The molecule has 0 bridgehead atoms. The highest BCUT2D eigenvalue weighted by Crippen LogP contribution is 2.29. The van der Waals surface area contributed by atoms with Crippen molar-refractivity contribution in [3.63, 3.8) is 0 Å². The minimum Gasteiger partial charge on any atom is -0.359 e. The molecule has 2 unspecified atom stereocenters. The van der Waals surface area contributed by atoms with Crippen molar-refractivity contribution in [3.05, 3.63) is 22.7 Å². The van der Waals surface area contributed by atoms with Crippen LogP contribution in [-0.4, -0.2) is 11.0 Å². The molecule has 0 fully saturated rings. The molecule has 1 aromatic heterocycles. The van der Waals surface area contributed by atoms with Gasteiger partial charge in [0.1, 0.15) is 0 Å². The summed E-state index contributed by atoms with van der Waals surface area (Å²) in [4.78, 5) is 4.62. The number of benzene rings is 1. The summed E-state index contributed by atoms with van der Waals surface area (Å²) in [6.45, 7) is 6.77. The van der Waals surface area contributed by atoms with Gasteiger partial charge in [0.15, 0.2) is 5.13 Å². The van der Waals surface area contributed by atoms with Crippen LogP contribution in [0.25, 0.3) is 10.2 Å². The zero-order valence-corrected chi connectivity index (χ0v) is 13.4. The lowest BCUT2D eigenvalue weighted by Crippen LogP contribution is -2.17. The molecule has 98 valence electrons. The van der Waals surface area contributed by atoms with Gasteiger partial charge in [-0.25, -0.2) is 4.98 Å². The maximum Gasteiger partial charge on any atom is 0.183 e. The Hall–Kier alpha value is -0.610. The monoisotopic (exact) mass is 326 g/mol. The van der Waals surface area contributed by atoms with Crippen molar-refractivity contribution in [1.29, 1.82) is 0 Å². The molecule has 2 aromatic rings. The van der Waals surface area contributed by atoms with Crippen LogP contribution < -0.4 is 5.32 Å². The Morgan fingerprint density at radius 1 is 1.39 bits per heavy atom. The summed E-state index contributed by atoms with van der Waals surface area (Å²) >= 11 is 5.20. The number of halogens is 1. The van der Waals surface area contributed by atoms with Gasteiger partial charge in [-0.1, -0.05) is 47.5 Å². The molecule has 1 aromatic carbocycles. The highest BCUT2D eigenvalue weighted by atomic mass is 79.9. The first-order valence-electron chi connectivity index (χ1n) is 6.41. The fourth-order valence-electron chi connectivity index (χ4n) is 2.00. The van der Waals surface area contributed by atoms with Gasteiger partial charge in [-0.05, 0) is 37.5 Å². The standard InChI is InChI=1S/C14H19BrN2S/c1-4-9(2)7-10(3)16-14-17-12-8-11(15)5-6-13(12)18-14/h5-6,8-10H,4,7H2,1-3H3,(H,16,17).